The number of nitrogens with zero attached hydrogens (tertiary/aromatic N) is 5. The average Bonchev–Trinajstić information content (AvgIpc) is 3.55. The third-order valence-electron chi connectivity index (χ3n) is 7.03. The van der Waals surface area contributed by atoms with Crippen LogP contribution in [0.3, 0.4) is 0 Å². The molecule has 1 aliphatic heterocycles. The molecule has 0 bridgehead atoms. The molecule has 10 nitrogen and oxygen atoms in total. The zero-order chi connectivity index (χ0) is 26.9. The second-order valence-corrected chi connectivity index (χ2v) is 9.79. The van der Waals surface area contributed by atoms with Gasteiger partial charge in [-0.2, -0.15) is 5.10 Å². The van der Waals surface area contributed by atoms with Gasteiger partial charge in [0.05, 0.1) is 47.3 Å². The second-order valence-electron chi connectivity index (χ2n) is 9.79. The number of carbonyl (C=O) groups excluding carboxylic acids is 2. The first-order chi connectivity index (χ1) is 18.9. The lowest BCUT2D eigenvalue weighted by Crippen LogP contribution is -2.45. The number of rotatable bonds is 7. The Kier molecular flexibility index (Phi) is 6.37. The highest BCUT2D eigenvalue weighted by Crippen LogP contribution is 2.32. The van der Waals surface area contributed by atoms with Crippen molar-refractivity contribution in [3.63, 3.8) is 0 Å². The first-order valence-corrected chi connectivity index (χ1v) is 12.8. The van der Waals surface area contributed by atoms with Crippen molar-refractivity contribution in [1.82, 2.24) is 29.6 Å². The van der Waals surface area contributed by atoms with E-state index in [9.17, 15) is 9.59 Å². The Morgan fingerprint density at radius 1 is 1.05 bits per heavy atom. The number of H-pyrrole nitrogens is 1. The third-order valence-corrected chi connectivity index (χ3v) is 7.03. The number of benzene rings is 1. The number of aromatic amines is 1. The van der Waals surface area contributed by atoms with Crippen molar-refractivity contribution in [1.29, 1.82) is 0 Å². The molecular weight excluding hydrogens is 492 g/mol. The Bertz CT molecular complexity index is 1670. The molecule has 0 saturated carbocycles. The van der Waals surface area contributed by atoms with Gasteiger partial charge >= 0.3 is 0 Å². The van der Waals surface area contributed by atoms with Crippen molar-refractivity contribution in [3.05, 3.63) is 90.1 Å². The molecule has 1 saturated heterocycles. The Morgan fingerprint density at radius 3 is 2.64 bits per heavy atom. The van der Waals surface area contributed by atoms with Crippen LogP contribution >= 0.6 is 0 Å². The lowest BCUT2D eigenvalue weighted by molar-refractivity contribution is -0.119. The molecule has 1 atom stereocenters. The molecule has 5 heterocycles. The minimum absolute atomic E-state index is 0.120. The van der Waals surface area contributed by atoms with E-state index >= 15 is 0 Å². The molecule has 2 amide bonds. The van der Waals surface area contributed by atoms with Gasteiger partial charge in [0.1, 0.15) is 5.65 Å². The number of amides is 2. The first-order valence-electron chi connectivity index (χ1n) is 12.8. The molecule has 10 heteroatoms. The van der Waals surface area contributed by atoms with Crippen LogP contribution < -0.4 is 10.6 Å². The summed E-state index contributed by atoms with van der Waals surface area (Å²) in [6, 6.07) is 15.9. The fourth-order valence-corrected chi connectivity index (χ4v) is 4.85. The van der Waals surface area contributed by atoms with Gasteiger partial charge < -0.3 is 15.6 Å². The van der Waals surface area contributed by atoms with Crippen molar-refractivity contribution in [2.45, 2.75) is 19.4 Å². The number of carbonyl (C=O) groups is 2. The number of likely N-dealkylation sites (tertiary alicyclic amines) is 1. The second kappa shape index (κ2) is 10.1. The summed E-state index contributed by atoms with van der Waals surface area (Å²) in [5, 5.41) is 10.9. The van der Waals surface area contributed by atoms with Gasteiger partial charge in [0, 0.05) is 43.0 Å². The molecule has 1 aliphatic rings. The molecule has 3 N–H and O–H groups in total. The summed E-state index contributed by atoms with van der Waals surface area (Å²) in [6.45, 7) is 2.97. The molecule has 6 rings (SSSR count). The van der Waals surface area contributed by atoms with E-state index in [2.05, 4.69) is 47.7 Å². The van der Waals surface area contributed by atoms with Crippen molar-refractivity contribution in [3.8, 4) is 11.3 Å². The molecule has 1 aromatic carbocycles. The van der Waals surface area contributed by atoms with E-state index in [-0.39, 0.29) is 17.9 Å². The summed E-state index contributed by atoms with van der Waals surface area (Å²) >= 11 is 0. The summed E-state index contributed by atoms with van der Waals surface area (Å²) < 4.78 is 1.73. The van der Waals surface area contributed by atoms with Crippen molar-refractivity contribution >= 4 is 34.2 Å². The highest BCUT2D eigenvalue weighted by atomic mass is 16.2. The number of nitrogens with one attached hydrogen (secondary N) is 3. The monoisotopic (exact) mass is 520 g/mol. The van der Waals surface area contributed by atoms with Crippen LogP contribution in [0, 0.1) is 6.92 Å². The van der Waals surface area contributed by atoms with E-state index in [1.54, 1.807) is 36.1 Å². The van der Waals surface area contributed by atoms with Crippen LogP contribution in [0.1, 0.15) is 34.1 Å². The number of pyridine rings is 2. The predicted octanol–water partition coefficient (Wildman–Crippen LogP) is 4.30. The highest BCUT2D eigenvalue weighted by molar-refractivity contribution is 6.06. The maximum atomic E-state index is 13.1. The minimum atomic E-state index is -0.312. The van der Waals surface area contributed by atoms with E-state index in [1.165, 1.54) is 11.8 Å². The fraction of sp³-hybridized carbons (Fsp3) is 0.207. The quantitative estimate of drug-likeness (QED) is 0.294. The Hall–Kier alpha value is -4.83. The number of aryl methyl sites for hydroxylation is 2. The molecule has 1 unspecified atom stereocenters. The van der Waals surface area contributed by atoms with E-state index in [4.69, 9.17) is 0 Å². The zero-order valence-electron chi connectivity index (χ0n) is 21.7. The molecule has 39 heavy (non-hydrogen) atoms. The normalized spacial score (nSPS) is 15.2. The van der Waals surface area contributed by atoms with Crippen LogP contribution in [0.2, 0.25) is 0 Å². The standard InChI is InChI=1S/C29H28N8O2/c1-18-24(12-23(15-30-18)33-27(38)17-37-9-8-26(37)19-6-4-3-5-7-19)35-29(39)21-10-20-11-25(34-28(20)31-13-21)22-14-32-36(2)16-22/h3-7,10-16,26H,8-9,17H2,1-2H3,(H,31,34)(H,33,38)(H,35,39). The number of anilines is 2. The Morgan fingerprint density at radius 2 is 1.90 bits per heavy atom. The number of fused-ring (bicyclic) bond motifs is 1. The molecule has 0 aliphatic carbocycles. The fourth-order valence-electron chi connectivity index (χ4n) is 4.85. The number of hydrogen-bond acceptors (Lipinski definition) is 6. The van der Waals surface area contributed by atoms with Gasteiger partial charge in [-0.05, 0) is 37.1 Å². The van der Waals surface area contributed by atoms with Gasteiger partial charge in [0.2, 0.25) is 5.91 Å². The summed E-state index contributed by atoms with van der Waals surface area (Å²) in [7, 11) is 1.86. The van der Waals surface area contributed by atoms with Crippen molar-refractivity contribution in [2.75, 3.05) is 23.7 Å². The first kappa shape index (κ1) is 24.5. The topological polar surface area (TPSA) is 121 Å². The smallest absolute Gasteiger partial charge is 0.257 e. The SMILES string of the molecule is Cc1ncc(NC(=O)CN2CCC2c2ccccc2)cc1NC(=O)c1cnc2[nH]c(-c3cnn(C)c3)cc2c1. The van der Waals surface area contributed by atoms with Crippen LogP contribution in [0.4, 0.5) is 11.4 Å². The Labute approximate surface area is 225 Å². The van der Waals surface area contributed by atoms with Crippen LogP contribution in [-0.2, 0) is 11.8 Å². The number of aromatic nitrogens is 5. The van der Waals surface area contributed by atoms with Crippen LogP contribution in [-0.4, -0.2) is 54.5 Å². The van der Waals surface area contributed by atoms with Gasteiger partial charge in [0.25, 0.3) is 5.91 Å². The molecule has 4 aromatic heterocycles. The van der Waals surface area contributed by atoms with E-state index in [0.717, 1.165) is 29.6 Å². The van der Waals surface area contributed by atoms with E-state index in [1.807, 2.05) is 37.5 Å². The van der Waals surface area contributed by atoms with E-state index < -0.39 is 0 Å². The van der Waals surface area contributed by atoms with Gasteiger partial charge in [-0.1, -0.05) is 30.3 Å². The molecular formula is C29H28N8O2. The van der Waals surface area contributed by atoms with Crippen molar-refractivity contribution < 1.29 is 9.59 Å². The van der Waals surface area contributed by atoms with Gasteiger partial charge in [-0.15, -0.1) is 0 Å². The predicted molar refractivity (Wildman–Crippen MR) is 149 cm³/mol. The lowest BCUT2D eigenvalue weighted by Gasteiger charge is -2.40. The average molecular weight is 521 g/mol. The van der Waals surface area contributed by atoms with Gasteiger partial charge in [-0.25, -0.2) is 4.98 Å². The molecule has 1 fully saturated rings. The largest absolute Gasteiger partial charge is 0.339 e. The summed E-state index contributed by atoms with van der Waals surface area (Å²) in [5.41, 5.74) is 5.82. The molecule has 5 aromatic rings. The number of hydrogen-bond donors (Lipinski definition) is 3. The summed E-state index contributed by atoms with van der Waals surface area (Å²) in [6.07, 6.45) is 7.84. The zero-order valence-corrected chi connectivity index (χ0v) is 21.7. The van der Waals surface area contributed by atoms with Gasteiger partial charge in [0.15, 0.2) is 0 Å². The highest BCUT2D eigenvalue weighted by Gasteiger charge is 2.30. The van der Waals surface area contributed by atoms with Crippen LogP contribution in [0.5, 0.6) is 0 Å². The lowest BCUT2D eigenvalue weighted by atomic mass is 9.95. The molecule has 0 spiro atoms. The molecule has 0 radical (unpaired) electrons. The van der Waals surface area contributed by atoms with Gasteiger partial charge in [-0.3, -0.25) is 24.2 Å². The Balaban J connectivity index is 1.12. The summed E-state index contributed by atoms with van der Waals surface area (Å²) in [4.78, 5) is 40.1. The maximum absolute atomic E-state index is 13.1. The van der Waals surface area contributed by atoms with Crippen LogP contribution in [0.15, 0.2) is 73.3 Å². The summed E-state index contributed by atoms with van der Waals surface area (Å²) in [5.74, 6) is -0.432. The van der Waals surface area contributed by atoms with Crippen LogP contribution in [0.25, 0.3) is 22.3 Å². The minimum Gasteiger partial charge on any atom is -0.339 e. The third kappa shape index (κ3) is 5.14. The molecule has 196 valence electrons. The van der Waals surface area contributed by atoms with E-state index in [0.29, 0.717) is 34.8 Å². The van der Waals surface area contributed by atoms with Crippen molar-refractivity contribution in [2.24, 2.45) is 7.05 Å². The maximum Gasteiger partial charge on any atom is 0.257 e.